The van der Waals surface area contributed by atoms with Crippen LogP contribution in [-0.2, 0) is 4.79 Å². The Bertz CT molecular complexity index is 561. The fourth-order valence-electron chi connectivity index (χ4n) is 1.18. The Labute approximate surface area is 117 Å². The highest BCUT2D eigenvalue weighted by Gasteiger charge is 2.22. The van der Waals surface area contributed by atoms with Crippen molar-refractivity contribution in [1.29, 1.82) is 0 Å². The Kier molecular flexibility index (Phi) is 4.68. The number of nitro groups is 1. The molecule has 0 unspecified atom stereocenters. The number of aliphatic carboxylic acids is 1. The summed E-state index contributed by atoms with van der Waals surface area (Å²) in [4.78, 5) is 32.2. The van der Waals surface area contributed by atoms with Gasteiger partial charge in [0.15, 0.2) is 0 Å². The molecule has 1 atom stereocenters. The average Bonchev–Trinajstić information content (AvgIpc) is 2.31. The number of hydrogen-bond donors (Lipinski definition) is 2. The monoisotopic (exact) mass is 306 g/mol. The Balaban J connectivity index is 3.11. The van der Waals surface area contributed by atoms with Gasteiger partial charge in [0, 0.05) is 11.6 Å². The molecule has 0 heterocycles. The molecule has 9 heteroatoms. The molecule has 1 amide bonds. The summed E-state index contributed by atoms with van der Waals surface area (Å²) >= 11 is 11.3. The number of halogens is 2. The Morgan fingerprint density at radius 3 is 2.47 bits per heavy atom. The molecule has 1 aromatic carbocycles. The van der Waals surface area contributed by atoms with Crippen LogP contribution in [0.4, 0.5) is 5.69 Å². The van der Waals surface area contributed by atoms with Gasteiger partial charge in [-0.3, -0.25) is 19.7 Å². The van der Waals surface area contributed by atoms with Crippen molar-refractivity contribution in [2.45, 2.75) is 13.0 Å². The molecule has 2 N–H and O–H groups in total. The highest BCUT2D eigenvalue weighted by atomic mass is 35.5. The lowest BCUT2D eigenvalue weighted by Gasteiger charge is -2.09. The normalized spacial score (nSPS) is 11.7. The van der Waals surface area contributed by atoms with Gasteiger partial charge in [0.05, 0.1) is 9.95 Å². The number of carbonyl (C=O) groups is 2. The third-order valence-electron chi connectivity index (χ3n) is 2.19. The van der Waals surface area contributed by atoms with Crippen molar-refractivity contribution in [2.24, 2.45) is 0 Å². The number of carboxylic acid groups (broad SMARTS) is 1. The van der Waals surface area contributed by atoms with Crippen LogP contribution in [0, 0.1) is 10.1 Å². The van der Waals surface area contributed by atoms with Crippen molar-refractivity contribution in [2.75, 3.05) is 0 Å². The van der Waals surface area contributed by atoms with Crippen LogP contribution in [0.3, 0.4) is 0 Å². The van der Waals surface area contributed by atoms with Crippen molar-refractivity contribution in [3.63, 3.8) is 0 Å². The van der Waals surface area contributed by atoms with Gasteiger partial charge in [-0.05, 0) is 13.0 Å². The first kappa shape index (κ1) is 15.2. The first-order chi connectivity index (χ1) is 8.73. The van der Waals surface area contributed by atoms with E-state index in [0.29, 0.717) is 0 Å². The second-order valence-electron chi connectivity index (χ2n) is 3.58. The van der Waals surface area contributed by atoms with E-state index in [9.17, 15) is 19.7 Å². The summed E-state index contributed by atoms with van der Waals surface area (Å²) < 4.78 is 0. The van der Waals surface area contributed by atoms with Gasteiger partial charge in [0.25, 0.3) is 11.6 Å². The molecule has 0 aliphatic rings. The van der Waals surface area contributed by atoms with Crippen LogP contribution in [0.15, 0.2) is 12.1 Å². The zero-order valence-electron chi connectivity index (χ0n) is 9.52. The standard InChI is InChI=1S/C10H8Cl2N2O5/c1-4(10(16)17)13-9(15)5-2-6(11)8(12)7(3-5)14(18)19/h2-4H,1H3,(H,13,15)(H,16,17)/t4-/m1/s1. The number of rotatable bonds is 4. The van der Waals surface area contributed by atoms with Crippen LogP contribution in [0.25, 0.3) is 0 Å². The molecule has 1 aromatic rings. The number of carbonyl (C=O) groups excluding carboxylic acids is 1. The molecule has 0 saturated heterocycles. The van der Waals surface area contributed by atoms with E-state index in [1.54, 1.807) is 0 Å². The van der Waals surface area contributed by atoms with Gasteiger partial charge in [0.2, 0.25) is 0 Å². The largest absolute Gasteiger partial charge is 0.480 e. The van der Waals surface area contributed by atoms with E-state index in [1.807, 2.05) is 0 Å². The molecule has 7 nitrogen and oxygen atoms in total. The van der Waals surface area contributed by atoms with E-state index >= 15 is 0 Å². The molecule has 0 saturated carbocycles. The molecule has 0 aromatic heterocycles. The fourth-order valence-corrected chi connectivity index (χ4v) is 1.57. The van der Waals surface area contributed by atoms with E-state index in [2.05, 4.69) is 5.32 Å². The molecular formula is C10H8Cl2N2O5. The zero-order valence-corrected chi connectivity index (χ0v) is 11.0. The van der Waals surface area contributed by atoms with Crippen molar-refractivity contribution >= 4 is 40.8 Å². The second-order valence-corrected chi connectivity index (χ2v) is 4.37. The number of hydrogen-bond acceptors (Lipinski definition) is 4. The van der Waals surface area contributed by atoms with E-state index in [-0.39, 0.29) is 15.6 Å². The maximum Gasteiger partial charge on any atom is 0.325 e. The lowest BCUT2D eigenvalue weighted by Crippen LogP contribution is -2.38. The molecule has 0 radical (unpaired) electrons. The minimum absolute atomic E-state index is 0.144. The first-order valence-corrected chi connectivity index (χ1v) is 5.66. The summed E-state index contributed by atoms with van der Waals surface area (Å²) in [6.07, 6.45) is 0. The summed E-state index contributed by atoms with van der Waals surface area (Å²) in [5.41, 5.74) is -0.670. The topological polar surface area (TPSA) is 110 Å². The quantitative estimate of drug-likeness (QED) is 0.654. The highest BCUT2D eigenvalue weighted by molar-refractivity contribution is 6.43. The van der Waals surface area contributed by atoms with Crippen LogP contribution in [0.5, 0.6) is 0 Å². The minimum Gasteiger partial charge on any atom is -0.480 e. The Morgan fingerprint density at radius 2 is 2.00 bits per heavy atom. The molecule has 0 bridgehead atoms. The number of nitrogens with one attached hydrogen (secondary N) is 1. The third kappa shape index (κ3) is 3.55. The third-order valence-corrected chi connectivity index (χ3v) is 2.98. The predicted molar refractivity (Wildman–Crippen MR) is 67.7 cm³/mol. The number of benzene rings is 1. The Hall–Kier alpha value is -1.86. The maximum absolute atomic E-state index is 11.7. The summed E-state index contributed by atoms with van der Waals surface area (Å²) in [5, 5.41) is 21.1. The molecule has 0 aliphatic carbocycles. The summed E-state index contributed by atoms with van der Waals surface area (Å²) in [7, 11) is 0. The van der Waals surface area contributed by atoms with Crippen LogP contribution >= 0.6 is 23.2 Å². The van der Waals surface area contributed by atoms with E-state index in [1.165, 1.54) is 6.92 Å². The number of amides is 1. The van der Waals surface area contributed by atoms with Crippen molar-refractivity contribution in [3.8, 4) is 0 Å². The average molecular weight is 307 g/mol. The predicted octanol–water partition coefficient (Wildman–Crippen LogP) is 2.10. The number of carboxylic acids is 1. The van der Waals surface area contributed by atoms with Crippen molar-refractivity contribution < 1.29 is 19.6 Å². The van der Waals surface area contributed by atoms with Crippen molar-refractivity contribution in [1.82, 2.24) is 5.32 Å². The van der Waals surface area contributed by atoms with Crippen LogP contribution in [0.1, 0.15) is 17.3 Å². The molecule has 102 valence electrons. The fraction of sp³-hybridized carbons (Fsp3) is 0.200. The van der Waals surface area contributed by atoms with Gasteiger partial charge >= 0.3 is 5.97 Å². The zero-order chi connectivity index (χ0) is 14.7. The maximum atomic E-state index is 11.7. The van der Waals surface area contributed by atoms with Gasteiger partial charge in [-0.2, -0.15) is 0 Å². The van der Waals surface area contributed by atoms with Crippen LogP contribution < -0.4 is 5.32 Å². The highest BCUT2D eigenvalue weighted by Crippen LogP contribution is 2.33. The first-order valence-electron chi connectivity index (χ1n) is 4.91. The molecular weight excluding hydrogens is 299 g/mol. The smallest absolute Gasteiger partial charge is 0.325 e. The molecule has 19 heavy (non-hydrogen) atoms. The number of nitro benzene ring substituents is 1. The second kappa shape index (κ2) is 5.85. The van der Waals surface area contributed by atoms with Gasteiger partial charge in [0.1, 0.15) is 11.1 Å². The molecule has 0 spiro atoms. The van der Waals surface area contributed by atoms with Gasteiger partial charge < -0.3 is 10.4 Å². The Morgan fingerprint density at radius 1 is 1.42 bits per heavy atom. The van der Waals surface area contributed by atoms with E-state index in [0.717, 1.165) is 12.1 Å². The lowest BCUT2D eigenvalue weighted by molar-refractivity contribution is -0.384. The van der Waals surface area contributed by atoms with Gasteiger partial charge in [-0.15, -0.1) is 0 Å². The minimum atomic E-state index is -1.23. The van der Waals surface area contributed by atoms with Crippen LogP contribution in [-0.4, -0.2) is 27.9 Å². The molecule has 1 rings (SSSR count). The van der Waals surface area contributed by atoms with Crippen LogP contribution in [0.2, 0.25) is 10.0 Å². The lowest BCUT2D eigenvalue weighted by atomic mass is 10.1. The van der Waals surface area contributed by atoms with Gasteiger partial charge in [-0.1, -0.05) is 23.2 Å². The summed E-state index contributed by atoms with van der Waals surface area (Å²) in [6.45, 7) is 1.26. The summed E-state index contributed by atoms with van der Waals surface area (Å²) in [6, 6.07) is 0.917. The van der Waals surface area contributed by atoms with Gasteiger partial charge in [-0.25, -0.2) is 0 Å². The van der Waals surface area contributed by atoms with E-state index in [4.69, 9.17) is 28.3 Å². The molecule has 0 fully saturated rings. The molecule has 0 aliphatic heterocycles. The van der Waals surface area contributed by atoms with Crippen molar-refractivity contribution in [3.05, 3.63) is 37.9 Å². The summed E-state index contributed by atoms with van der Waals surface area (Å²) in [5.74, 6) is -2.03. The number of nitrogens with zero attached hydrogens (tertiary/aromatic N) is 1. The SMILES string of the molecule is C[C@@H](NC(=O)c1cc(Cl)c(Cl)c([N+](=O)[O-])c1)C(=O)O. The van der Waals surface area contributed by atoms with E-state index < -0.39 is 28.5 Å².